The maximum Gasteiger partial charge on any atom is 0.341 e. The molecular formula is C27H28N2O3S. The minimum Gasteiger partial charge on any atom is -0.462 e. The van der Waals surface area contributed by atoms with Gasteiger partial charge in [-0.3, -0.25) is 4.79 Å². The number of nitrogens with one attached hydrogen (secondary N) is 1. The largest absolute Gasteiger partial charge is 0.462 e. The van der Waals surface area contributed by atoms with E-state index in [1.54, 1.807) is 13.0 Å². The molecule has 0 bridgehead atoms. The van der Waals surface area contributed by atoms with Crippen LogP contribution in [0.3, 0.4) is 0 Å². The number of hydrogen-bond acceptors (Lipinski definition) is 4. The first-order valence-corrected chi connectivity index (χ1v) is 12.1. The molecule has 1 amide bonds. The summed E-state index contributed by atoms with van der Waals surface area (Å²) in [6.07, 6.45) is 2.01. The molecule has 33 heavy (non-hydrogen) atoms. The number of nitrogens with zero attached hydrogens (tertiary/aromatic N) is 1. The third-order valence-corrected chi connectivity index (χ3v) is 6.79. The average Bonchev–Trinajstić information content (AvgIpc) is 3.37. The third kappa shape index (κ3) is 4.57. The van der Waals surface area contributed by atoms with Crippen LogP contribution in [0, 0.1) is 6.92 Å². The molecule has 2 heterocycles. The Hall–Kier alpha value is -3.38. The molecule has 1 N–H and O–H groups in total. The van der Waals surface area contributed by atoms with Gasteiger partial charge in [0.25, 0.3) is 5.91 Å². The van der Waals surface area contributed by atoms with E-state index >= 15 is 0 Å². The number of thiophene rings is 1. The Morgan fingerprint density at radius 1 is 1.03 bits per heavy atom. The van der Waals surface area contributed by atoms with E-state index in [9.17, 15) is 9.59 Å². The van der Waals surface area contributed by atoms with Crippen LogP contribution in [-0.2, 0) is 11.3 Å². The normalized spacial score (nSPS) is 11.0. The second-order valence-electron chi connectivity index (χ2n) is 7.89. The van der Waals surface area contributed by atoms with Gasteiger partial charge in [0.05, 0.1) is 12.2 Å². The molecule has 6 heteroatoms. The van der Waals surface area contributed by atoms with Crippen LogP contribution in [0.1, 0.15) is 53.1 Å². The summed E-state index contributed by atoms with van der Waals surface area (Å²) < 4.78 is 7.36. The zero-order chi connectivity index (χ0) is 23.4. The minimum atomic E-state index is -0.436. The molecule has 0 radical (unpaired) electrons. The summed E-state index contributed by atoms with van der Waals surface area (Å²) in [6, 6.07) is 19.7. The summed E-state index contributed by atoms with van der Waals surface area (Å²) in [5, 5.41) is 4.61. The first-order chi connectivity index (χ1) is 16.0. The fraction of sp³-hybridized carbons (Fsp3) is 0.259. The van der Waals surface area contributed by atoms with Crippen molar-refractivity contribution in [3.05, 3.63) is 77.5 Å². The van der Waals surface area contributed by atoms with Crippen LogP contribution >= 0.6 is 11.3 Å². The van der Waals surface area contributed by atoms with Gasteiger partial charge in [-0.15, -0.1) is 11.3 Å². The second-order valence-corrected chi connectivity index (χ2v) is 8.94. The zero-order valence-electron chi connectivity index (χ0n) is 19.2. The Morgan fingerprint density at radius 3 is 2.48 bits per heavy atom. The van der Waals surface area contributed by atoms with E-state index in [1.807, 2.05) is 55.5 Å². The summed E-state index contributed by atoms with van der Waals surface area (Å²) in [7, 11) is 0. The molecule has 4 aromatic rings. The fourth-order valence-electron chi connectivity index (χ4n) is 4.07. The van der Waals surface area contributed by atoms with Crippen LogP contribution in [0.5, 0.6) is 0 Å². The maximum atomic E-state index is 13.6. The summed E-state index contributed by atoms with van der Waals surface area (Å²) in [5.41, 5.74) is 3.99. The van der Waals surface area contributed by atoms with Gasteiger partial charge in [0.2, 0.25) is 0 Å². The van der Waals surface area contributed by atoms with Crippen molar-refractivity contribution in [2.45, 2.75) is 40.2 Å². The summed E-state index contributed by atoms with van der Waals surface area (Å²) in [5.74, 6) is -0.652. The first kappa shape index (κ1) is 22.8. The van der Waals surface area contributed by atoms with E-state index in [4.69, 9.17) is 4.74 Å². The molecule has 0 saturated heterocycles. The number of para-hydroxylation sites is 1. The number of aromatic nitrogens is 1. The highest BCUT2D eigenvalue weighted by Gasteiger charge is 2.24. The molecule has 5 nitrogen and oxygen atoms in total. The Morgan fingerprint density at radius 2 is 1.76 bits per heavy atom. The highest BCUT2D eigenvalue weighted by molar-refractivity contribution is 7.20. The molecule has 0 spiro atoms. The molecule has 0 aliphatic carbocycles. The fourth-order valence-corrected chi connectivity index (χ4v) is 5.12. The van der Waals surface area contributed by atoms with Gasteiger partial charge >= 0.3 is 5.97 Å². The second kappa shape index (κ2) is 10.0. The lowest BCUT2D eigenvalue weighted by Gasteiger charge is -2.12. The Bertz CT molecular complexity index is 1290. The minimum absolute atomic E-state index is 0.216. The van der Waals surface area contributed by atoms with E-state index in [0.717, 1.165) is 46.3 Å². The van der Waals surface area contributed by atoms with Gasteiger partial charge in [0.1, 0.15) is 10.7 Å². The van der Waals surface area contributed by atoms with Crippen molar-refractivity contribution in [3.63, 3.8) is 0 Å². The van der Waals surface area contributed by atoms with Crippen molar-refractivity contribution >= 4 is 39.1 Å². The van der Waals surface area contributed by atoms with Crippen LogP contribution < -0.4 is 5.32 Å². The number of aryl methyl sites for hydroxylation is 2. The number of ether oxygens (including phenoxy) is 1. The number of hydrogen-bond donors (Lipinski definition) is 1. The molecule has 0 aliphatic heterocycles. The van der Waals surface area contributed by atoms with E-state index in [1.165, 1.54) is 11.3 Å². The van der Waals surface area contributed by atoms with E-state index in [0.29, 0.717) is 16.3 Å². The highest BCUT2D eigenvalue weighted by atomic mass is 32.1. The number of amides is 1. The molecule has 0 aliphatic rings. The van der Waals surface area contributed by atoms with Crippen LogP contribution in [0.25, 0.3) is 21.3 Å². The summed E-state index contributed by atoms with van der Waals surface area (Å²) in [6.45, 7) is 6.93. The van der Waals surface area contributed by atoms with Crippen molar-refractivity contribution in [2.24, 2.45) is 0 Å². The SMILES string of the molecule is CCCCn1c(C(=O)Nc2sc(-c3ccccc3)cc2C(=O)OCC)c(C)c2ccccc21. The van der Waals surface area contributed by atoms with Crippen LogP contribution in [-0.4, -0.2) is 23.1 Å². The van der Waals surface area contributed by atoms with Gasteiger partial charge in [-0.25, -0.2) is 4.79 Å². The van der Waals surface area contributed by atoms with Gasteiger partial charge in [0.15, 0.2) is 0 Å². The lowest BCUT2D eigenvalue weighted by atomic mass is 10.1. The van der Waals surface area contributed by atoms with E-state index < -0.39 is 5.97 Å². The van der Waals surface area contributed by atoms with Crippen molar-refractivity contribution in [2.75, 3.05) is 11.9 Å². The number of esters is 1. The van der Waals surface area contributed by atoms with Crippen LogP contribution in [0.4, 0.5) is 5.00 Å². The lowest BCUT2D eigenvalue weighted by Crippen LogP contribution is -2.19. The third-order valence-electron chi connectivity index (χ3n) is 5.69. The van der Waals surface area contributed by atoms with E-state index in [-0.39, 0.29) is 12.5 Å². The number of benzene rings is 2. The summed E-state index contributed by atoms with van der Waals surface area (Å²) >= 11 is 1.38. The topological polar surface area (TPSA) is 60.3 Å². The predicted molar refractivity (Wildman–Crippen MR) is 135 cm³/mol. The highest BCUT2D eigenvalue weighted by Crippen LogP contribution is 2.37. The number of anilines is 1. The Labute approximate surface area is 198 Å². The molecule has 0 saturated carbocycles. The number of unbranched alkanes of at least 4 members (excludes halogenated alkanes) is 1. The van der Waals surface area contributed by atoms with E-state index in [2.05, 4.69) is 22.9 Å². The monoisotopic (exact) mass is 460 g/mol. The lowest BCUT2D eigenvalue weighted by molar-refractivity contribution is 0.0528. The van der Waals surface area contributed by atoms with Crippen LogP contribution in [0.2, 0.25) is 0 Å². The Balaban J connectivity index is 1.75. The van der Waals surface area contributed by atoms with Crippen molar-refractivity contribution in [1.82, 2.24) is 4.57 Å². The molecule has 2 aromatic carbocycles. The average molecular weight is 461 g/mol. The molecule has 0 fully saturated rings. The molecular weight excluding hydrogens is 432 g/mol. The van der Waals surface area contributed by atoms with Crippen LogP contribution in [0.15, 0.2) is 60.7 Å². The molecule has 0 unspecified atom stereocenters. The smallest absolute Gasteiger partial charge is 0.341 e. The zero-order valence-corrected chi connectivity index (χ0v) is 20.0. The first-order valence-electron chi connectivity index (χ1n) is 11.3. The van der Waals surface area contributed by atoms with Crippen molar-refractivity contribution in [1.29, 1.82) is 0 Å². The Kier molecular flexibility index (Phi) is 6.94. The molecule has 0 atom stereocenters. The molecule has 170 valence electrons. The summed E-state index contributed by atoms with van der Waals surface area (Å²) in [4.78, 5) is 27.2. The van der Waals surface area contributed by atoms with Gasteiger partial charge in [-0.2, -0.15) is 0 Å². The van der Waals surface area contributed by atoms with Gasteiger partial charge < -0.3 is 14.6 Å². The van der Waals surface area contributed by atoms with Crippen molar-refractivity contribution in [3.8, 4) is 10.4 Å². The standard InChI is InChI=1S/C27H28N2O3S/c1-4-6-16-29-22-15-11-10-14-20(22)18(3)24(29)25(30)28-26-21(27(31)32-5-2)17-23(33-26)19-12-8-7-9-13-19/h7-15,17H,4-6,16H2,1-3H3,(H,28,30). The number of rotatable bonds is 8. The maximum absolute atomic E-state index is 13.6. The van der Waals surface area contributed by atoms with Gasteiger partial charge in [0, 0.05) is 22.3 Å². The van der Waals surface area contributed by atoms with Crippen molar-refractivity contribution < 1.29 is 14.3 Å². The number of fused-ring (bicyclic) bond motifs is 1. The quantitative estimate of drug-likeness (QED) is 0.291. The molecule has 4 rings (SSSR count). The molecule has 2 aromatic heterocycles. The van der Waals surface area contributed by atoms with Gasteiger partial charge in [-0.1, -0.05) is 61.9 Å². The number of carbonyl (C=O) groups is 2. The number of carbonyl (C=O) groups excluding carboxylic acids is 2. The predicted octanol–water partition coefficient (Wildman–Crippen LogP) is 6.91. The van der Waals surface area contributed by atoms with Gasteiger partial charge in [-0.05, 0) is 43.5 Å².